The number of nitrogens with zero attached hydrogens (tertiary/aromatic N) is 3. The van der Waals surface area contributed by atoms with E-state index in [1.807, 2.05) is 42.3 Å². The Morgan fingerprint density at radius 1 is 0.737 bits per heavy atom. The predicted molar refractivity (Wildman–Crippen MR) is 78.4 cm³/mol. The fraction of sp³-hybridized carbons (Fsp3) is 0.500. The number of hydrogen-bond donors (Lipinski definition) is 2. The van der Waals surface area contributed by atoms with Crippen LogP contribution in [0.1, 0.15) is 0 Å². The third-order valence-corrected chi connectivity index (χ3v) is 5.54. The number of phenolic OH excluding ortho intramolecular Hbond substituents is 2. The molecule has 7 heteroatoms. The maximum absolute atomic E-state index is 12.1. The van der Waals surface area contributed by atoms with Gasteiger partial charge in [-0.25, -0.2) is 14.0 Å². The minimum atomic E-state index is -2.44. The van der Waals surface area contributed by atoms with Crippen LogP contribution in [0, 0.1) is 0 Å². The molecule has 6 nitrogen and oxygen atoms in total. The molecular weight excluding hydrogens is 265 g/mol. The summed E-state index contributed by atoms with van der Waals surface area (Å²) in [7, 11) is 8.49. The van der Waals surface area contributed by atoms with Crippen LogP contribution in [0.3, 0.4) is 0 Å². The van der Waals surface area contributed by atoms with Gasteiger partial charge in [0.1, 0.15) is 11.5 Å². The molecule has 0 aliphatic carbocycles. The van der Waals surface area contributed by atoms with E-state index in [0.717, 1.165) is 0 Å². The zero-order valence-electron chi connectivity index (χ0n) is 12.4. The highest BCUT2D eigenvalue weighted by molar-refractivity contribution is 7.56. The Bertz CT molecular complexity index is 369. The number of benzene rings is 1. The Balaban J connectivity index is 0.000000356. The average Bonchev–Trinajstić information content (AvgIpc) is 2.31. The maximum atomic E-state index is 12.1. The summed E-state index contributed by atoms with van der Waals surface area (Å²) in [6.07, 6.45) is 0. The van der Waals surface area contributed by atoms with Crippen LogP contribution in [-0.2, 0) is 4.57 Å². The summed E-state index contributed by atoms with van der Waals surface area (Å²) in [5.41, 5.74) is 0. The van der Waals surface area contributed by atoms with Gasteiger partial charge in [-0.15, -0.1) is 0 Å². The highest BCUT2D eigenvalue weighted by Gasteiger charge is 2.30. The smallest absolute Gasteiger partial charge is 0.285 e. The van der Waals surface area contributed by atoms with E-state index in [1.165, 1.54) is 24.3 Å². The molecule has 0 aliphatic heterocycles. The van der Waals surface area contributed by atoms with Crippen molar-refractivity contribution >= 4 is 7.59 Å². The van der Waals surface area contributed by atoms with Gasteiger partial charge in [0.15, 0.2) is 0 Å². The Morgan fingerprint density at radius 3 is 1.05 bits per heavy atom. The van der Waals surface area contributed by atoms with Gasteiger partial charge in [0.25, 0.3) is 7.59 Å². The second-order valence-electron chi connectivity index (χ2n) is 4.57. The summed E-state index contributed by atoms with van der Waals surface area (Å²) in [5, 5.41) is 17.3. The molecule has 0 aliphatic rings. The van der Waals surface area contributed by atoms with E-state index in [9.17, 15) is 4.57 Å². The van der Waals surface area contributed by atoms with Crippen molar-refractivity contribution in [1.82, 2.24) is 14.0 Å². The number of aromatic hydroxyl groups is 2. The van der Waals surface area contributed by atoms with Crippen LogP contribution >= 0.6 is 7.59 Å². The van der Waals surface area contributed by atoms with E-state index in [-0.39, 0.29) is 11.5 Å². The molecule has 0 radical (unpaired) electrons. The molecule has 0 atom stereocenters. The lowest BCUT2D eigenvalue weighted by atomic mass is 10.3. The molecule has 0 saturated carbocycles. The van der Waals surface area contributed by atoms with Crippen molar-refractivity contribution in [3.05, 3.63) is 24.3 Å². The van der Waals surface area contributed by atoms with Gasteiger partial charge in [-0.1, -0.05) is 0 Å². The van der Waals surface area contributed by atoms with E-state index in [0.29, 0.717) is 0 Å². The second-order valence-corrected chi connectivity index (χ2v) is 8.00. The molecule has 1 aromatic rings. The monoisotopic (exact) mass is 289 g/mol. The Labute approximate surface area is 115 Å². The summed E-state index contributed by atoms with van der Waals surface area (Å²) < 4.78 is 17.3. The molecule has 0 spiro atoms. The fourth-order valence-corrected chi connectivity index (χ4v) is 3.67. The van der Waals surface area contributed by atoms with Crippen molar-refractivity contribution in [2.75, 3.05) is 42.3 Å². The molecule has 0 fully saturated rings. The molecule has 0 saturated heterocycles. The minimum absolute atomic E-state index is 0.169. The average molecular weight is 289 g/mol. The first-order valence-corrected chi connectivity index (χ1v) is 7.30. The van der Waals surface area contributed by atoms with E-state index in [4.69, 9.17) is 10.2 Å². The van der Waals surface area contributed by atoms with E-state index < -0.39 is 7.59 Å². The van der Waals surface area contributed by atoms with Gasteiger partial charge >= 0.3 is 0 Å². The van der Waals surface area contributed by atoms with Crippen LogP contribution in [0.25, 0.3) is 0 Å². The maximum Gasteiger partial charge on any atom is 0.285 e. The normalized spacial score (nSPS) is 11.6. The standard InChI is InChI=1S/C6H18N3OP.C6H6O2/c1-7(2)11(10,8(3)4)9(5)6;7-5-1-2-6(8)4-3-5/h1-6H3;1-4,7-8H. The van der Waals surface area contributed by atoms with Crippen LogP contribution in [0.2, 0.25) is 0 Å². The molecule has 0 bridgehead atoms. The summed E-state index contributed by atoms with van der Waals surface area (Å²) in [6, 6.07) is 5.70. The number of phenols is 2. The highest BCUT2D eigenvalue weighted by atomic mass is 31.2. The topological polar surface area (TPSA) is 67.3 Å². The SMILES string of the molecule is CN(C)P(=O)(N(C)C)N(C)C.Oc1ccc(O)cc1. The van der Waals surface area contributed by atoms with E-state index in [1.54, 1.807) is 14.0 Å². The lowest BCUT2D eigenvalue weighted by Crippen LogP contribution is -2.30. The quantitative estimate of drug-likeness (QED) is 0.654. The van der Waals surface area contributed by atoms with Crippen LogP contribution < -0.4 is 0 Å². The van der Waals surface area contributed by atoms with Crippen molar-refractivity contribution < 1.29 is 14.8 Å². The third kappa shape index (κ3) is 5.20. The van der Waals surface area contributed by atoms with Crippen LogP contribution in [0.4, 0.5) is 0 Å². The Hall–Kier alpha value is -1.07. The second kappa shape index (κ2) is 7.50. The van der Waals surface area contributed by atoms with Crippen molar-refractivity contribution in [3.63, 3.8) is 0 Å². The van der Waals surface area contributed by atoms with Gasteiger partial charge in [-0.05, 0) is 66.6 Å². The lowest BCUT2D eigenvalue weighted by Gasteiger charge is -2.34. The summed E-state index contributed by atoms with van der Waals surface area (Å²) in [4.78, 5) is 0. The molecule has 1 rings (SSSR count). The first-order valence-electron chi connectivity index (χ1n) is 5.73. The summed E-state index contributed by atoms with van der Waals surface area (Å²) >= 11 is 0. The van der Waals surface area contributed by atoms with Crippen molar-refractivity contribution in [1.29, 1.82) is 0 Å². The van der Waals surface area contributed by atoms with Gasteiger partial charge in [0.2, 0.25) is 0 Å². The van der Waals surface area contributed by atoms with Gasteiger partial charge in [-0.3, -0.25) is 4.57 Å². The molecule has 19 heavy (non-hydrogen) atoms. The molecular formula is C12H24N3O3P. The molecule has 110 valence electrons. The fourth-order valence-electron chi connectivity index (χ4n) is 1.53. The van der Waals surface area contributed by atoms with Crippen molar-refractivity contribution in [2.45, 2.75) is 0 Å². The first-order chi connectivity index (χ1) is 8.62. The first kappa shape index (κ1) is 17.9. The van der Waals surface area contributed by atoms with Gasteiger partial charge in [0, 0.05) is 0 Å². The Kier molecular flexibility index (Phi) is 7.08. The molecule has 1 aromatic carbocycles. The van der Waals surface area contributed by atoms with E-state index in [2.05, 4.69) is 0 Å². The van der Waals surface area contributed by atoms with Crippen LogP contribution in [0.15, 0.2) is 24.3 Å². The molecule has 2 N–H and O–H groups in total. The van der Waals surface area contributed by atoms with Gasteiger partial charge < -0.3 is 10.2 Å². The van der Waals surface area contributed by atoms with Gasteiger partial charge in [0.05, 0.1) is 0 Å². The van der Waals surface area contributed by atoms with Crippen LogP contribution in [0.5, 0.6) is 11.5 Å². The summed E-state index contributed by atoms with van der Waals surface area (Å²) in [5.74, 6) is 0.339. The zero-order valence-corrected chi connectivity index (χ0v) is 13.3. The number of rotatable bonds is 3. The highest BCUT2D eigenvalue weighted by Crippen LogP contribution is 2.50. The van der Waals surface area contributed by atoms with E-state index >= 15 is 0 Å². The summed E-state index contributed by atoms with van der Waals surface area (Å²) in [6.45, 7) is 0. The third-order valence-electron chi connectivity index (χ3n) is 2.41. The predicted octanol–water partition coefficient (Wildman–Crippen LogP) is 1.88. The largest absolute Gasteiger partial charge is 0.508 e. The molecule has 0 amide bonds. The zero-order chi connectivity index (χ0) is 15.2. The van der Waals surface area contributed by atoms with Crippen LogP contribution in [-0.4, -0.2) is 66.5 Å². The van der Waals surface area contributed by atoms with Crippen molar-refractivity contribution in [3.8, 4) is 11.5 Å². The lowest BCUT2D eigenvalue weighted by molar-refractivity contribution is 0.383. The Morgan fingerprint density at radius 2 is 0.947 bits per heavy atom. The molecule has 0 unspecified atom stereocenters. The molecule has 0 aromatic heterocycles. The van der Waals surface area contributed by atoms with Gasteiger partial charge in [-0.2, -0.15) is 0 Å². The number of hydrogen-bond acceptors (Lipinski definition) is 3. The van der Waals surface area contributed by atoms with Crippen molar-refractivity contribution in [2.24, 2.45) is 0 Å². The minimum Gasteiger partial charge on any atom is -0.508 e. The molecule has 0 heterocycles.